The first-order chi connectivity index (χ1) is 19.6. The molecule has 220 valence electrons. The van der Waals surface area contributed by atoms with E-state index in [0.29, 0.717) is 40.0 Å². The first kappa shape index (κ1) is 31.6. The fourth-order valence-electron chi connectivity index (χ4n) is 4.89. The zero-order valence-corrected chi connectivity index (χ0v) is 26.9. The molecule has 2 amide bonds. The highest BCUT2D eigenvalue weighted by molar-refractivity contribution is 14.1. The summed E-state index contributed by atoms with van der Waals surface area (Å²) in [4.78, 5) is 52.2. The molecular weight excluding hydrogens is 758 g/mol. The fourth-order valence-corrected chi connectivity index (χ4v) is 6.10. The first-order valence-electron chi connectivity index (χ1n) is 13.5. The minimum absolute atomic E-state index is 0.0286. The van der Waals surface area contributed by atoms with Gasteiger partial charge in [0.05, 0.1) is 26.1 Å². The van der Waals surface area contributed by atoms with E-state index in [2.05, 4.69) is 10.6 Å². The van der Waals surface area contributed by atoms with Crippen LogP contribution < -0.4 is 10.6 Å². The molecule has 0 bridgehead atoms. The van der Waals surface area contributed by atoms with Gasteiger partial charge in [0.15, 0.2) is 0 Å². The van der Waals surface area contributed by atoms with Crippen LogP contribution in [0.15, 0.2) is 24.3 Å². The van der Waals surface area contributed by atoms with Gasteiger partial charge in [-0.25, -0.2) is 9.59 Å². The van der Waals surface area contributed by atoms with Gasteiger partial charge in [-0.05, 0) is 114 Å². The predicted molar refractivity (Wildman–Crippen MR) is 168 cm³/mol. The number of aromatic hydroxyl groups is 1. The van der Waals surface area contributed by atoms with Crippen molar-refractivity contribution in [1.82, 2.24) is 0 Å². The van der Waals surface area contributed by atoms with Gasteiger partial charge in [-0.3, -0.25) is 9.59 Å². The lowest BCUT2D eigenvalue weighted by Crippen LogP contribution is -2.24. The summed E-state index contributed by atoms with van der Waals surface area (Å²) in [5, 5.41) is 16.1. The maximum atomic E-state index is 13.3. The number of halogens is 2. The summed E-state index contributed by atoms with van der Waals surface area (Å²) >= 11 is 3.90. The second kappa shape index (κ2) is 14.7. The second-order valence-electron chi connectivity index (χ2n) is 10.2. The molecule has 0 spiro atoms. The zero-order valence-electron chi connectivity index (χ0n) is 22.6. The molecular formula is C29H32I2N2O8. The van der Waals surface area contributed by atoms with E-state index in [9.17, 15) is 24.3 Å². The molecule has 2 saturated heterocycles. The first-order valence-corrected chi connectivity index (χ1v) is 15.6. The van der Waals surface area contributed by atoms with Gasteiger partial charge in [0, 0.05) is 48.4 Å². The lowest BCUT2D eigenvalue weighted by atomic mass is 9.96. The Morgan fingerprint density at radius 3 is 1.98 bits per heavy atom. The van der Waals surface area contributed by atoms with Gasteiger partial charge < -0.3 is 30.0 Å². The maximum absolute atomic E-state index is 13.3. The normalized spacial score (nSPS) is 16.2. The van der Waals surface area contributed by atoms with E-state index >= 15 is 0 Å². The molecule has 41 heavy (non-hydrogen) atoms. The highest BCUT2D eigenvalue weighted by Gasteiger charge is 2.27. The number of ether oxygens (including phenoxy) is 3. The quantitative estimate of drug-likeness (QED) is 0.183. The van der Waals surface area contributed by atoms with Crippen LogP contribution in [0.4, 0.5) is 11.4 Å². The number of phenolic OH excluding ortho intramolecular Hbond substituents is 1. The fraction of sp³-hybridized carbons (Fsp3) is 0.448. The third-order valence-corrected chi connectivity index (χ3v) is 8.77. The molecule has 4 rings (SSSR count). The van der Waals surface area contributed by atoms with Crippen LogP contribution in [0.3, 0.4) is 0 Å². The number of benzene rings is 2. The van der Waals surface area contributed by atoms with Crippen molar-refractivity contribution in [1.29, 1.82) is 0 Å². The monoisotopic (exact) mass is 790 g/mol. The summed E-state index contributed by atoms with van der Waals surface area (Å²) in [6.07, 6.45) is 3.65. The van der Waals surface area contributed by atoms with Crippen LogP contribution in [0.25, 0.3) is 0 Å². The number of esters is 2. The Kier molecular flexibility index (Phi) is 11.4. The van der Waals surface area contributed by atoms with Gasteiger partial charge in [0.2, 0.25) is 11.8 Å². The topological polar surface area (TPSA) is 140 Å². The number of anilines is 2. The van der Waals surface area contributed by atoms with Crippen molar-refractivity contribution in [3.8, 4) is 5.75 Å². The molecule has 0 radical (unpaired) electrons. The number of nitrogens with one attached hydrogen (secondary N) is 2. The summed E-state index contributed by atoms with van der Waals surface area (Å²) in [5.74, 6) is -2.22. The van der Waals surface area contributed by atoms with Crippen LogP contribution in [0.5, 0.6) is 5.75 Å². The average molecular weight is 790 g/mol. The summed E-state index contributed by atoms with van der Waals surface area (Å²) in [7, 11) is 0. The Balaban J connectivity index is 1.51. The summed E-state index contributed by atoms with van der Waals surface area (Å²) < 4.78 is 17.0. The van der Waals surface area contributed by atoms with Crippen molar-refractivity contribution >= 4 is 80.3 Å². The summed E-state index contributed by atoms with van der Waals surface area (Å²) in [5.41, 5.74) is 0.578. The van der Waals surface area contributed by atoms with Crippen LogP contribution in [0.1, 0.15) is 64.8 Å². The molecule has 10 nitrogen and oxygen atoms in total. The molecule has 0 atom stereocenters. The van der Waals surface area contributed by atoms with Crippen molar-refractivity contribution in [2.24, 2.45) is 11.8 Å². The molecule has 2 aliphatic heterocycles. The largest absolute Gasteiger partial charge is 0.506 e. The molecule has 2 aliphatic rings. The lowest BCUT2D eigenvalue weighted by Gasteiger charge is -2.22. The van der Waals surface area contributed by atoms with E-state index in [4.69, 9.17) is 14.2 Å². The second-order valence-corrected chi connectivity index (χ2v) is 12.6. The lowest BCUT2D eigenvalue weighted by molar-refractivity contribution is -0.118. The molecule has 2 fully saturated rings. The number of carbonyl (C=O) groups is 4. The molecule has 2 aromatic rings. The van der Waals surface area contributed by atoms with Crippen molar-refractivity contribution in [3.05, 3.63) is 48.1 Å². The third kappa shape index (κ3) is 8.61. The van der Waals surface area contributed by atoms with E-state index in [1.165, 1.54) is 12.1 Å². The van der Waals surface area contributed by atoms with Crippen molar-refractivity contribution in [2.45, 2.75) is 45.4 Å². The van der Waals surface area contributed by atoms with E-state index in [0.717, 1.165) is 25.7 Å². The molecule has 0 saturated carbocycles. The van der Waals surface area contributed by atoms with Crippen LogP contribution in [-0.4, -0.2) is 55.3 Å². The zero-order chi connectivity index (χ0) is 29.5. The molecule has 0 aromatic heterocycles. The van der Waals surface area contributed by atoms with Crippen LogP contribution in [-0.2, 0) is 23.8 Å². The molecule has 2 heterocycles. The number of amides is 2. The van der Waals surface area contributed by atoms with Crippen molar-refractivity contribution in [3.63, 3.8) is 0 Å². The van der Waals surface area contributed by atoms with Crippen LogP contribution in [0, 0.1) is 25.9 Å². The van der Waals surface area contributed by atoms with Crippen LogP contribution >= 0.6 is 45.2 Å². The predicted octanol–water partition coefficient (Wildman–Crippen LogP) is 5.42. The minimum Gasteiger partial charge on any atom is -0.506 e. The van der Waals surface area contributed by atoms with E-state index in [1.54, 1.807) is 19.1 Å². The number of carbonyl (C=O) groups excluding carboxylic acids is 4. The van der Waals surface area contributed by atoms with Crippen molar-refractivity contribution < 1.29 is 38.5 Å². The van der Waals surface area contributed by atoms with Gasteiger partial charge in [0.1, 0.15) is 5.75 Å². The standard InChI is InChI=1S/C29H32I2N2O8/c1-16-26(33-25(35)13-18-6-10-40-11-7-18)21(15-22(31)27(16)36)29(38)41-28(37)20-14-19(30)2-3-23(20)32-24(34)12-17-4-8-39-9-5-17/h2-3,14-15,17-18,36H,4-13H2,1H3,(H,32,34)(H,33,35). The average Bonchev–Trinajstić information content (AvgIpc) is 2.95. The Bertz CT molecular complexity index is 1320. The number of phenols is 1. The summed E-state index contributed by atoms with van der Waals surface area (Å²) in [6.45, 7) is 4.00. The highest BCUT2D eigenvalue weighted by Crippen LogP contribution is 2.35. The molecule has 3 N–H and O–H groups in total. The molecule has 0 unspecified atom stereocenters. The Morgan fingerprint density at radius 2 is 1.39 bits per heavy atom. The van der Waals surface area contributed by atoms with E-state index in [1.807, 2.05) is 45.2 Å². The van der Waals surface area contributed by atoms with Crippen LogP contribution in [0.2, 0.25) is 0 Å². The van der Waals surface area contributed by atoms with E-state index < -0.39 is 11.9 Å². The Hall–Kier alpha value is -2.30. The third-order valence-electron chi connectivity index (χ3n) is 7.27. The Labute approximate surface area is 265 Å². The van der Waals surface area contributed by atoms with Crippen molar-refractivity contribution in [2.75, 3.05) is 37.1 Å². The maximum Gasteiger partial charge on any atom is 0.348 e. The number of rotatable bonds is 8. The van der Waals surface area contributed by atoms with Gasteiger partial charge >= 0.3 is 11.9 Å². The molecule has 0 aliphatic carbocycles. The Morgan fingerprint density at radius 1 is 0.854 bits per heavy atom. The number of hydrogen-bond acceptors (Lipinski definition) is 8. The molecule has 12 heteroatoms. The van der Waals surface area contributed by atoms with Gasteiger partial charge in [0.25, 0.3) is 0 Å². The van der Waals surface area contributed by atoms with E-state index in [-0.39, 0.29) is 63.9 Å². The molecule has 2 aromatic carbocycles. The van der Waals surface area contributed by atoms with Gasteiger partial charge in [-0.2, -0.15) is 0 Å². The summed E-state index contributed by atoms with van der Waals surface area (Å²) in [6, 6.07) is 6.23. The number of hydrogen-bond donors (Lipinski definition) is 3. The minimum atomic E-state index is -0.990. The van der Waals surface area contributed by atoms with Gasteiger partial charge in [-0.1, -0.05) is 0 Å². The SMILES string of the molecule is Cc1c(O)c(I)cc(C(=O)OC(=O)c2cc(I)ccc2NC(=O)CC2CCOCC2)c1NC(=O)CC1CCOCC1. The van der Waals surface area contributed by atoms with Gasteiger partial charge in [-0.15, -0.1) is 0 Å². The smallest absolute Gasteiger partial charge is 0.348 e. The highest BCUT2D eigenvalue weighted by atomic mass is 127.